The zero-order chi connectivity index (χ0) is 24.1. The lowest BCUT2D eigenvalue weighted by Gasteiger charge is -2.25. The molecule has 0 fully saturated rings. The molecule has 9 nitrogen and oxygen atoms in total. The fourth-order valence-corrected chi connectivity index (χ4v) is 4.83. The molecule has 0 saturated carbocycles. The zero-order valence-corrected chi connectivity index (χ0v) is 19.5. The zero-order valence-electron chi connectivity index (χ0n) is 18.0. The van der Waals surface area contributed by atoms with Gasteiger partial charge in [0.2, 0.25) is 6.79 Å². The van der Waals surface area contributed by atoms with Crippen LogP contribution < -0.4 is 23.9 Å². The van der Waals surface area contributed by atoms with Crippen molar-refractivity contribution in [1.29, 1.82) is 0 Å². The monoisotopic (exact) mass is 501 g/mol. The molecule has 1 N–H and O–H groups in total. The van der Waals surface area contributed by atoms with Gasteiger partial charge in [-0.25, -0.2) is 13.8 Å². The number of hydrogen-bond acceptors (Lipinski definition) is 7. The van der Waals surface area contributed by atoms with Crippen molar-refractivity contribution < 1.29 is 27.4 Å². The molecule has 11 heteroatoms. The number of amides is 1. The largest absolute Gasteiger partial charge is 0.495 e. The van der Waals surface area contributed by atoms with E-state index in [9.17, 15) is 13.2 Å². The van der Waals surface area contributed by atoms with E-state index in [4.69, 9.17) is 25.8 Å². The number of nitrogens with one attached hydrogen (secondary N) is 1. The van der Waals surface area contributed by atoms with Crippen LogP contribution in [0.15, 0.2) is 76.7 Å². The highest BCUT2D eigenvalue weighted by Crippen LogP contribution is 2.35. The minimum absolute atomic E-state index is 0.00805. The number of anilines is 1. The number of halogens is 1. The number of carbonyl (C=O) groups excluding carboxylic acids is 1. The summed E-state index contributed by atoms with van der Waals surface area (Å²) in [5, 5.41) is 4.21. The Kier molecular flexibility index (Phi) is 6.90. The first kappa shape index (κ1) is 23.4. The molecule has 3 aromatic rings. The summed E-state index contributed by atoms with van der Waals surface area (Å²) < 4.78 is 43.7. The van der Waals surface area contributed by atoms with Gasteiger partial charge >= 0.3 is 0 Å². The second-order valence-corrected chi connectivity index (χ2v) is 9.35. The smallest absolute Gasteiger partial charge is 0.264 e. The lowest BCUT2D eigenvalue weighted by atomic mass is 10.2. The number of carbonyl (C=O) groups is 1. The van der Waals surface area contributed by atoms with Gasteiger partial charge in [0.05, 0.1) is 23.9 Å². The Balaban J connectivity index is 1.58. The third kappa shape index (κ3) is 5.08. The Morgan fingerprint density at radius 1 is 1.12 bits per heavy atom. The van der Waals surface area contributed by atoms with E-state index >= 15 is 0 Å². The molecule has 0 aliphatic carbocycles. The van der Waals surface area contributed by atoms with Crippen molar-refractivity contribution in [2.75, 3.05) is 24.8 Å². The van der Waals surface area contributed by atoms with Gasteiger partial charge in [-0.1, -0.05) is 29.8 Å². The summed E-state index contributed by atoms with van der Waals surface area (Å²) in [6.07, 6.45) is 1.41. The molecule has 3 aromatic carbocycles. The predicted molar refractivity (Wildman–Crippen MR) is 127 cm³/mol. The van der Waals surface area contributed by atoms with Crippen LogP contribution in [0, 0.1) is 0 Å². The summed E-state index contributed by atoms with van der Waals surface area (Å²) in [4.78, 5) is 12.7. The van der Waals surface area contributed by atoms with Gasteiger partial charge in [0.25, 0.3) is 15.9 Å². The fraction of sp³-hybridized carbons (Fsp3) is 0.130. The van der Waals surface area contributed by atoms with Crippen LogP contribution >= 0.6 is 11.6 Å². The lowest BCUT2D eigenvalue weighted by Crippen LogP contribution is -2.39. The van der Waals surface area contributed by atoms with Crippen molar-refractivity contribution >= 4 is 39.4 Å². The number of nitrogens with zero attached hydrogens (tertiary/aromatic N) is 2. The lowest BCUT2D eigenvalue weighted by molar-refractivity contribution is -0.119. The second-order valence-electron chi connectivity index (χ2n) is 7.05. The van der Waals surface area contributed by atoms with Crippen LogP contribution in [0.4, 0.5) is 5.69 Å². The van der Waals surface area contributed by atoms with Crippen molar-refractivity contribution in [1.82, 2.24) is 5.43 Å². The van der Waals surface area contributed by atoms with Gasteiger partial charge < -0.3 is 14.2 Å². The van der Waals surface area contributed by atoms with Crippen molar-refractivity contribution in [3.05, 3.63) is 77.3 Å². The minimum Gasteiger partial charge on any atom is -0.495 e. The Bertz CT molecular complexity index is 1330. The Morgan fingerprint density at radius 2 is 1.88 bits per heavy atom. The number of methoxy groups -OCH3 is 1. The van der Waals surface area contributed by atoms with Crippen LogP contribution in [0.25, 0.3) is 0 Å². The van der Waals surface area contributed by atoms with E-state index in [-0.39, 0.29) is 28.1 Å². The van der Waals surface area contributed by atoms with Crippen LogP contribution in [-0.4, -0.2) is 41.0 Å². The summed E-state index contributed by atoms with van der Waals surface area (Å²) in [6.45, 7) is -0.419. The van der Waals surface area contributed by atoms with Gasteiger partial charge in [-0.15, -0.1) is 0 Å². The Labute approximate surface area is 201 Å². The molecule has 0 atom stereocenters. The van der Waals surface area contributed by atoms with E-state index in [1.807, 2.05) is 0 Å². The Hall–Kier alpha value is -3.76. The van der Waals surface area contributed by atoms with Gasteiger partial charge in [-0.2, -0.15) is 5.10 Å². The molecule has 0 unspecified atom stereocenters. The molecule has 1 aliphatic heterocycles. The van der Waals surface area contributed by atoms with Crippen LogP contribution in [0.5, 0.6) is 17.2 Å². The van der Waals surface area contributed by atoms with Crippen molar-refractivity contribution in [2.24, 2.45) is 5.10 Å². The summed E-state index contributed by atoms with van der Waals surface area (Å²) in [5.74, 6) is 0.765. The van der Waals surface area contributed by atoms with Gasteiger partial charge in [0, 0.05) is 5.02 Å². The summed E-state index contributed by atoms with van der Waals surface area (Å²) in [6, 6.07) is 17.5. The highest BCUT2D eigenvalue weighted by molar-refractivity contribution is 7.92. The van der Waals surface area contributed by atoms with E-state index in [1.54, 1.807) is 42.5 Å². The molecule has 0 bridgehead atoms. The van der Waals surface area contributed by atoms with E-state index in [0.29, 0.717) is 17.1 Å². The summed E-state index contributed by atoms with van der Waals surface area (Å²) in [5.41, 5.74) is 3.13. The van der Waals surface area contributed by atoms with Gasteiger partial charge in [0.15, 0.2) is 11.5 Å². The predicted octanol–water partition coefficient (Wildman–Crippen LogP) is 3.42. The van der Waals surface area contributed by atoms with Crippen molar-refractivity contribution in [2.45, 2.75) is 4.90 Å². The van der Waals surface area contributed by atoms with Crippen LogP contribution in [0.3, 0.4) is 0 Å². The SMILES string of the molecule is COc1ccc(Cl)cc1N(CC(=O)N/N=C\c1ccc2c(c1)OCO2)S(=O)(=O)c1ccccc1. The first-order valence-corrected chi connectivity index (χ1v) is 11.8. The molecule has 0 saturated heterocycles. The second kappa shape index (κ2) is 10.0. The number of sulfonamides is 1. The molecule has 1 heterocycles. The molecule has 34 heavy (non-hydrogen) atoms. The van der Waals surface area contributed by atoms with E-state index in [1.165, 1.54) is 37.6 Å². The summed E-state index contributed by atoms with van der Waals surface area (Å²) in [7, 11) is -2.73. The maximum absolute atomic E-state index is 13.4. The number of hydrazone groups is 1. The molecule has 0 aromatic heterocycles. The molecular weight excluding hydrogens is 482 g/mol. The van der Waals surface area contributed by atoms with E-state index in [2.05, 4.69) is 10.5 Å². The van der Waals surface area contributed by atoms with Crippen LogP contribution in [0.1, 0.15) is 5.56 Å². The number of fused-ring (bicyclic) bond motifs is 1. The van der Waals surface area contributed by atoms with E-state index in [0.717, 1.165) is 4.31 Å². The number of rotatable bonds is 8. The fourth-order valence-electron chi connectivity index (χ4n) is 3.22. The first-order valence-electron chi connectivity index (χ1n) is 10.0. The minimum atomic E-state index is -4.13. The quantitative estimate of drug-likeness (QED) is 0.374. The van der Waals surface area contributed by atoms with E-state index < -0.39 is 22.5 Å². The third-order valence-electron chi connectivity index (χ3n) is 4.83. The molecule has 1 aliphatic rings. The average molecular weight is 502 g/mol. The maximum Gasteiger partial charge on any atom is 0.264 e. The molecule has 0 spiro atoms. The molecule has 1 amide bonds. The van der Waals surface area contributed by atoms with Crippen molar-refractivity contribution in [3.8, 4) is 17.2 Å². The highest BCUT2D eigenvalue weighted by Gasteiger charge is 2.29. The normalized spacial score (nSPS) is 12.5. The number of hydrogen-bond donors (Lipinski definition) is 1. The molecule has 0 radical (unpaired) electrons. The standard InChI is InChI=1S/C23H20ClN3O6S/c1-31-20-10-8-17(24)12-19(20)27(34(29,30)18-5-3-2-4-6-18)14-23(28)26-25-13-16-7-9-21-22(11-16)33-15-32-21/h2-13H,14-15H2,1H3,(H,26,28)/b25-13-. The topological polar surface area (TPSA) is 107 Å². The van der Waals surface area contributed by atoms with Gasteiger partial charge in [0.1, 0.15) is 12.3 Å². The van der Waals surface area contributed by atoms with Crippen molar-refractivity contribution in [3.63, 3.8) is 0 Å². The molecular formula is C23H20ClN3O6S. The van der Waals surface area contributed by atoms with Gasteiger partial charge in [-0.3, -0.25) is 9.10 Å². The third-order valence-corrected chi connectivity index (χ3v) is 6.84. The average Bonchev–Trinajstić information content (AvgIpc) is 3.31. The first-order chi connectivity index (χ1) is 16.4. The Morgan fingerprint density at radius 3 is 2.65 bits per heavy atom. The maximum atomic E-state index is 13.4. The highest BCUT2D eigenvalue weighted by atomic mass is 35.5. The van der Waals surface area contributed by atoms with Crippen LogP contribution in [0.2, 0.25) is 5.02 Å². The number of benzene rings is 3. The summed E-state index contributed by atoms with van der Waals surface area (Å²) >= 11 is 6.12. The molecule has 176 valence electrons. The molecule has 4 rings (SSSR count). The number of ether oxygens (including phenoxy) is 3. The van der Waals surface area contributed by atoms with Crippen LogP contribution in [-0.2, 0) is 14.8 Å². The van der Waals surface area contributed by atoms with Gasteiger partial charge in [-0.05, 0) is 54.1 Å².